The van der Waals surface area contributed by atoms with Crippen molar-refractivity contribution in [1.82, 2.24) is 5.32 Å². The van der Waals surface area contributed by atoms with Gasteiger partial charge in [0.2, 0.25) is 0 Å². The van der Waals surface area contributed by atoms with Crippen LogP contribution in [-0.2, 0) is 6.54 Å². The van der Waals surface area contributed by atoms with E-state index in [0.29, 0.717) is 6.04 Å². The quantitative estimate of drug-likeness (QED) is 0.779. The lowest BCUT2D eigenvalue weighted by atomic mass is 10.1. The van der Waals surface area contributed by atoms with Crippen molar-refractivity contribution in [2.24, 2.45) is 5.92 Å². The van der Waals surface area contributed by atoms with Gasteiger partial charge in [-0.15, -0.1) is 0 Å². The second-order valence-corrected chi connectivity index (χ2v) is 6.36. The van der Waals surface area contributed by atoms with Crippen LogP contribution in [0.3, 0.4) is 0 Å². The summed E-state index contributed by atoms with van der Waals surface area (Å²) in [4.78, 5) is 2.36. The third kappa shape index (κ3) is 3.95. The molecule has 0 radical (unpaired) electrons. The van der Waals surface area contributed by atoms with Crippen molar-refractivity contribution < 1.29 is 4.39 Å². The maximum Gasteiger partial charge on any atom is 0.125 e. The van der Waals surface area contributed by atoms with Crippen molar-refractivity contribution >= 4 is 5.69 Å². The van der Waals surface area contributed by atoms with Crippen molar-refractivity contribution in [3.05, 3.63) is 29.6 Å². The molecule has 3 heteroatoms. The molecule has 2 aliphatic carbocycles. The molecular weight excluding hydrogens is 251 g/mol. The van der Waals surface area contributed by atoms with Crippen LogP contribution in [0.15, 0.2) is 18.2 Å². The molecule has 110 valence electrons. The highest BCUT2D eigenvalue weighted by molar-refractivity contribution is 5.49. The lowest BCUT2D eigenvalue weighted by Crippen LogP contribution is -2.27. The van der Waals surface area contributed by atoms with E-state index in [1.54, 1.807) is 12.1 Å². The van der Waals surface area contributed by atoms with E-state index in [1.807, 2.05) is 0 Å². The van der Waals surface area contributed by atoms with Gasteiger partial charge < -0.3 is 10.2 Å². The van der Waals surface area contributed by atoms with Crippen molar-refractivity contribution in [2.75, 3.05) is 18.0 Å². The number of benzene rings is 1. The molecule has 0 bridgehead atoms. The Hall–Kier alpha value is -1.09. The molecule has 0 unspecified atom stereocenters. The van der Waals surface area contributed by atoms with Gasteiger partial charge in [-0.2, -0.15) is 0 Å². The molecular formula is C17H25FN2. The highest BCUT2D eigenvalue weighted by Crippen LogP contribution is 2.32. The summed E-state index contributed by atoms with van der Waals surface area (Å²) in [5.74, 6) is 0.727. The smallest absolute Gasteiger partial charge is 0.125 e. The Morgan fingerprint density at radius 1 is 1.20 bits per heavy atom. The van der Waals surface area contributed by atoms with Gasteiger partial charge in [-0.25, -0.2) is 4.39 Å². The van der Waals surface area contributed by atoms with Gasteiger partial charge in [0.25, 0.3) is 0 Å². The minimum Gasteiger partial charge on any atom is -0.371 e. The van der Waals surface area contributed by atoms with Crippen molar-refractivity contribution in [1.29, 1.82) is 0 Å². The fraction of sp³-hybridized carbons (Fsp3) is 0.647. The summed E-state index contributed by atoms with van der Waals surface area (Å²) in [6, 6.07) is 6.19. The van der Waals surface area contributed by atoms with Gasteiger partial charge in [0.1, 0.15) is 5.82 Å². The Bertz CT molecular complexity index is 452. The predicted octanol–water partition coefficient (Wildman–Crippen LogP) is 3.70. The maximum absolute atomic E-state index is 13.9. The number of nitrogens with zero attached hydrogens (tertiary/aromatic N) is 1. The summed E-state index contributed by atoms with van der Waals surface area (Å²) in [7, 11) is 0. The number of hydrogen-bond donors (Lipinski definition) is 1. The van der Waals surface area contributed by atoms with Gasteiger partial charge in [-0.1, -0.05) is 6.92 Å². The molecule has 0 amide bonds. The van der Waals surface area contributed by atoms with Crippen LogP contribution in [0.2, 0.25) is 0 Å². The summed E-state index contributed by atoms with van der Waals surface area (Å²) in [6.07, 6.45) is 6.33. The zero-order valence-electron chi connectivity index (χ0n) is 12.4. The van der Waals surface area contributed by atoms with Gasteiger partial charge in [-0.3, -0.25) is 0 Å². The van der Waals surface area contributed by atoms with E-state index in [9.17, 15) is 4.39 Å². The lowest BCUT2D eigenvalue weighted by Gasteiger charge is -2.25. The number of nitrogens with one attached hydrogen (secondary N) is 1. The second-order valence-electron chi connectivity index (χ2n) is 6.36. The van der Waals surface area contributed by atoms with Crippen LogP contribution < -0.4 is 10.2 Å². The zero-order chi connectivity index (χ0) is 13.9. The van der Waals surface area contributed by atoms with Gasteiger partial charge >= 0.3 is 0 Å². The first-order valence-corrected chi connectivity index (χ1v) is 8.02. The molecule has 3 rings (SSSR count). The molecule has 20 heavy (non-hydrogen) atoms. The first-order valence-electron chi connectivity index (χ1n) is 8.02. The summed E-state index contributed by atoms with van der Waals surface area (Å²) < 4.78 is 13.9. The van der Waals surface area contributed by atoms with E-state index in [4.69, 9.17) is 0 Å². The maximum atomic E-state index is 13.9. The molecule has 2 aliphatic rings. The molecule has 2 saturated carbocycles. The van der Waals surface area contributed by atoms with E-state index in [1.165, 1.54) is 25.7 Å². The standard InChI is InChI=1S/C17H25FN2/c1-2-7-20(12-13-3-4-13)17-9-14(8-15(18)10-17)11-19-16-5-6-16/h8-10,13,16,19H,2-7,11-12H2,1H3. The minimum atomic E-state index is -0.105. The molecule has 0 aliphatic heterocycles. The third-order valence-corrected chi connectivity index (χ3v) is 4.15. The van der Waals surface area contributed by atoms with Crippen molar-refractivity contribution in [2.45, 2.75) is 51.6 Å². The first-order chi connectivity index (χ1) is 9.74. The molecule has 0 atom stereocenters. The van der Waals surface area contributed by atoms with Crippen LogP contribution >= 0.6 is 0 Å². The monoisotopic (exact) mass is 276 g/mol. The summed E-state index contributed by atoms with van der Waals surface area (Å²) in [6.45, 7) is 5.09. The molecule has 1 N–H and O–H groups in total. The normalized spacial score (nSPS) is 18.3. The summed E-state index contributed by atoms with van der Waals surface area (Å²) in [5, 5.41) is 3.47. The van der Waals surface area contributed by atoms with Crippen LogP contribution in [0, 0.1) is 11.7 Å². The van der Waals surface area contributed by atoms with Gasteiger partial charge in [-0.05, 0) is 61.8 Å². The largest absolute Gasteiger partial charge is 0.371 e. The molecule has 0 aromatic heterocycles. The fourth-order valence-electron chi connectivity index (χ4n) is 2.68. The lowest BCUT2D eigenvalue weighted by molar-refractivity contribution is 0.616. The number of rotatable bonds is 8. The third-order valence-electron chi connectivity index (χ3n) is 4.15. The first kappa shape index (κ1) is 13.9. The van der Waals surface area contributed by atoms with E-state index < -0.39 is 0 Å². The Kier molecular flexibility index (Phi) is 4.25. The van der Waals surface area contributed by atoms with Crippen molar-refractivity contribution in [3.8, 4) is 0 Å². The fourth-order valence-corrected chi connectivity index (χ4v) is 2.68. The number of hydrogen-bond acceptors (Lipinski definition) is 2. The van der Waals surface area contributed by atoms with Crippen LogP contribution in [0.1, 0.15) is 44.6 Å². The highest BCUT2D eigenvalue weighted by atomic mass is 19.1. The topological polar surface area (TPSA) is 15.3 Å². The SMILES string of the molecule is CCCN(CC1CC1)c1cc(F)cc(CNC2CC2)c1. The average molecular weight is 276 g/mol. The van der Waals surface area contributed by atoms with E-state index in [2.05, 4.69) is 23.2 Å². The molecule has 2 fully saturated rings. The van der Waals surface area contributed by atoms with Crippen LogP contribution in [0.5, 0.6) is 0 Å². The average Bonchev–Trinajstić information content (AvgIpc) is 3.30. The second kappa shape index (κ2) is 6.13. The Morgan fingerprint density at radius 2 is 2.00 bits per heavy atom. The zero-order valence-corrected chi connectivity index (χ0v) is 12.4. The molecule has 1 aromatic carbocycles. The van der Waals surface area contributed by atoms with Crippen LogP contribution in [-0.4, -0.2) is 19.1 Å². The van der Waals surface area contributed by atoms with Gasteiger partial charge in [0.15, 0.2) is 0 Å². The van der Waals surface area contributed by atoms with Gasteiger partial charge in [0, 0.05) is 31.4 Å². The van der Waals surface area contributed by atoms with Crippen LogP contribution in [0.4, 0.5) is 10.1 Å². The molecule has 0 saturated heterocycles. The minimum absolute atomic E-state index is 0.105. The number of anilines is 1. The van der Waals surface area contributed by atoms with Crippen LogP contribution in [0.25, 0.3) is 0 Å². The summed E-state index contributed by atoms with van der Waals surface area (Å²) in [5.41, 5.74) is 2.13. The molecule has 2 nitrogen and oxygen atoms in total. The molecule has 0 spiro atoms. The van der Waals surface area contributed by atoms with Gasteiger partial charge in [0.05, 0.1) is 0 Å². The van der Waals surface area contributed by atoms with E-state index >= 15 is 0 Å². The Labute approximate surface area is 121 Å². The Balaban J connectivity index is 1.70. The predicted molar refractivity (Wildman–Crippen MR) is 81.5 cm³/mol. The highest BCUT2D eigenvalue weighted by Gasteiger charge is 2.25. The van der Waals surface area contributed by atoms with E-state index in [-0.39, 0.29) is 5.82 Å². The van der Waals surface area contributed by atoms with E-state index in [0.717, 1.165) is 43.2 Å². The summed E-state index contributed by atoms with van der Waals surface area (Å²) >= 11 is 0. The molecule has 1 aromatic rings. The van der Waals surface area contributed by atoms with Crippen molar-refractivity contribution in [3.63, 3.8) is 0 Å². The Morgan fingerprint density at radius 3 is 2.65 bits per heavy atom. The number of halogens is 1. The molecule has 0 heterocycles.